The van der Waals surface area contributed by atoms with Gasteiger partial charge in [0.1, 0.15) is 0 Å². The summed E-state index contributed by atoms with van der Waals surface area (Å²) >= 11 is 5.84. The Labute approximate surface area is 142 Å². The van der Waals surface area contributed by atoms with Gasteiger partial charge in [-0.25, -0.2) is 18.4 Å². The summed E-state index contributed by atoms with van der Waals surface area (Å²) in [5, 5.41) is 0.523. The Morgan fingerprint density at radius 2 is 1.70 bits per heavy atom. The highest BCUT2D eigenvalue weighted by atomic mass is 35.5. The van der Waals surface area contributed by atoms with Crippen LogP contribution in [0.5, 0.6) is 0 Å². The van der Waals surface area contributed by atoms with E-state index in [4.69, 9.17) is 11.6 Å². The maximum absolute atomic E-state index is 12.2. The molecule has 0 bridgehead atoms. The molecule has 0 aromatic carbocycles. The van der Waals surface area contributed by atoms with Gasteiger partial charge in [0.15, 0.2) is 0 Å². The average molecular weight is 359 g/mol. The van der Waals surface area contributed by atoms with E-state index >= 15 is 0 Å². The molecule has 1 atom stereocenters. The van der Waals surface area contributed by atoms with E-state index in [9.17, 15) is 8.42 Å². The fourth-order valence-electron chi connectivity index (χ4n) is 3.48. The van der Waals surface area contributed by atoms with Crippen LogP contribution in [0.3, 0.4) is 0 Å². The molecule has 6 nitrogen and oxygen atoms in total. The monoisotopic (exact) mass is 358 g/mol. The molecule has 1 saturated heterocycles. The van der Waals surface area contributed by atoms with Gasteiger partial charge in [-0.05, 0) is 32.1 Å². The number of aromatic nitrogens is 2. The lowest BCUT2D eigenvalue weighted by Crippen LogP contribution is -2.49. The zero-order valence-electron chi connectivity index (χ0n) is 13.4. The predicted octanol–water partition coefficient (Wildman–Crippen LogP) is 2.30. The lowest BCUT2D eigenvalue weighted by molar-refractivity contribution is 0.164. The van der Waals surface area contributed by atoms with E-state index in [2.05, 4.69) is 14.9 Å². The van der Waals surface area contributed by atoms with Gasteiger partial charge in [-0.2, -0.15) is 4.31 Å². The van der Waals surface area contributed by atoms with E-state index < -0.39 is 10.0 Å². The van der Waals surface area contributed by atoms with E-state index in [1.54, 1.807) is 16.7 Å². The molecule has 1 aliphatic heterocycles. The molecule has 0 N–H and O–H groups in total. The zero-order chi connectivity index (χ0) is 16.4. The normalized spacial score (nSPS) is 23.6. The Balaban J connectivity index is 1.71. The van der Waals surface area contributed by atoms with Gasteiger partial charge in [0.25, 0.3) is 0 Å². The van der Waals surface area contributed by atoms with Crippen LogP contribution >= 0.6 is 11.6 Å². The Bertz CT molecular complexity index is 633. The van der Waals surface area contributed by atoms with Gasteiger partial charge in [0.2, 0.25) is 16.0 Å². The first-order valence-corrected chi connectivity index (χ1v) is 10.4. The van der Waals surface area contributed by atoms with Gasteiger partial charge in [0.05, 0.1) is 23.7 Å². The number of hydrogen-bond donors (Lipinski definition) is 0. The molecule has 23 heavy (non-hydrogen) atoms. The Hall–Kier alpha value is -0.920. The molecule has 0 radical (unpaired) electrons. The Kier molecular flexibility index (Phi) is 5.08. The summed E-state index contributed by atoms with van der Waals surface area (Å²) in [5.74, 6) is 0.671. The van der Waals surface area contributed by atoms with Gasteiger partial charge >= 0.3 is 0 Å². The van der Waals surface area contributed by atoms with Crippen LogP contribution in [-0.4, -0.2) is 54.1 Å². The number of hydrogen-bond acceptors (Lipinski definition) is 5. The van der Waals surface area contributed by atoms with Gasteiger partial charge in [-0.3, -0.25) is 0 Å². The molecule has 1 aromatic rings. The molecule has 3 rings (SSSR count). The lowest BCUT2D eigenvalue weighted by Gasteiger charge is -2.40. The summed E-state index contributed by atoms with van der Waals surface area (Å²) in [7, 11) is -3.16. The molecule has 2 heterocycles. The minimum absolute atomic E-state index is 0.0904. The third-order valence-corrected chi connectivity index (χ3v) is 6.32. The van der Waals surface area contributed by atoms with Gasteiger partial charge < -0.3 is 4.90 Å². The minimum Gasteiger partial charge on any atom is -0.341 e. The second kappa shape index (κ2) is 6.91. The molecule has 1 saturated carbocycles. The van der Waals surface area contributed by atoms with Crippen molar-refractivity contribution in [1.82, 2.24) is 14.3 Å². The third-order valence-electron chi connectivity index (χ3n) is 4.76. The lowest BCUT2D eigenvalue weighted by atomic mass is 9.91. The third kappa shape index (κ3) is 3.95. The number of anilines is 1. The van der Waals surface area contributed by atoms with Crippen LogP contribution in [0.4, 0.5) is 5.95 Å². The molecule has 128 valence electrons. The molecule has 0 unspecified atom stereocenters. The highest BCUT2D eigenvalue weighted by molar-refractivity contribution is 7.88. The van der Waals surface area contributed by atoms with Crippen molar-refractivity contribution in [2.75, 3.05) is 24.2 Å². The van der Waals surface area contributed by atoms with E-state index in [1.165, 1.54) is 6.26 Å². The standard InChI is InChI=1S/C15H23ClN4O2S/c1-23(21,22)20(13-4-2-5-13)14-6-3-8-19(9-7-14)15-17-10-12(16)11-18-15/h10-11,13-14H,2-9H2,1H3/t14-/m1/s1. The van der Waals surface area contributed by atoms with Gasteiger partial charge in [-0.15, -0.1) is 0 Å². The van der Waals surface area contributed by atoms with Crippen molar-refractivity contribution >= 4 is 27.6 Å². The molecule has 2 aliphatic rings. The van der Waals surface area contributed by atoms with Crippen LogP contribution < -0.4 is 4.90 Å². The first-order valence-electron chi connectivity index (χ1n) is 8.16. The molecular weight excluding hydrogens is 336 g/mol. The largest absolute Gasteiger partial charge is 0.341 e. The number of nitrogens with zero attached hydrogens (tertiary/aromatic N) is 4. The minimum atomic E-state index is -3.16. The maximum atomic E-state index is 12.2. The highest BCUT2D eigenvalue weighted by Gasteiger charge is 2.37. The predicted molar refractivity (Wildman–Crippen MR) is 91.2 cm³/mol. The Morgan fingerprint density at radius 1 is 1.09 bits per heavy atom. The fraction of sp³-hybridized carbons (Fsp3) is 0.733. The van der Waals surface area contributed by atoms with Crippen LogP contribution in [0.1, 0.15) is 38.5 Å². The van der Waals surface area contributed by atoms with Gasteiger partial charge in [-0.1, -0.05) is 18.0 Å². The average Bonchev–Trinajstić information content (AvgIpc) is 2.68. The van der Waals surface area contributed by atoms with Crippen LogP contribution in [0.25, 0.3) is 0 Å². The molecular formula is C15H23ClN4O2S. The van der Waals surface area contributed by atoms with Crippen molar-refractivity contribution in [2.45, 2.75) is 50.6 Å². The van der Waals surface area contributed by atoms with Crippen LogP contribution in [0, 0.1) is 0 Å². The maximum Gasteiger partial charge on any atom is 0.225 e. The summed E-state index contributed by atoms with van der Waals surface area (Å²) in [6.07, 6.45) is 10.3. The van der Waals surface area contributed by atoms with Crippen molar-refractivity contribution in [3.05, 3.63) is 17.4 Å². The van der Waals surface area contributed by atoms with E-state index in [-0.39, 0.29) is 12.1 Å². The SMILES string of the molecule is CS(=O)(=O)N(C1CCC1)[C@@H]1CCCN(c2ncc(Cl)cn2)CC1. The molecule has 8 heteroatoms. The van der Waals surface area contributed by atoms with Crippen molar-refractivity contribution in [1.29, 1.82) is 0 Å². The van der Waals surface area contributed by atoms with Crippen molar-refractivity contribution < 1.29 is 8.42 Å². The van der Waals surface area contributed by atoms with Crippen molar-refractivity contribution in [3.63, 3.8) is 0 Å². The zero-order valence-corrected chi connectivity index (χ0v) is 14.9. The van der Waals surface area contributed by atoms with Crippen molar-refractivity contribution in [2.24, 2.45) is 0 Å². The summed E-state index contributed by atoms with van der Waals surface area (Å²) in [4.78, 5) is 10.7. The molecule has 0 spiro atoms. The second-order valence-corrected chi connectivity index (χ2v) is 8.77. The highest BCUT2D eigenvalue weighted by Crippen LogP contribution is 2.32. The second-order valence-electron chi connectivity index (χ2n) is 6.45. The van der Waals surface area contributed by atoms with Crippen LogP contribution in [0.2, 0.25) is 5.02 Å². The molecule has 1 aliphatic carbocycles. The summed E-state index contributed by atoms with van der Waals surface area (Å²) in [5.41, 5.74) is 0. The first-order chi connectivity index (χ1) is 10.9. The number of halogens is 1. The quantitative estimate of drug-likeness (QED) is 0.826. The van der Waals surface area contributed by atoms with E-state index in [0.29, 0.717) is 11.0 Å². The molecule has 0 amide bonds. The molecule has 2 fully saturated rings. The first kappa shape index (κ1) is 16.9. The molecule has 1 aromatic heterocycles. The van der Waals surface area contributed by atoms with Crippen LogP contribution in [-0.2, 0) is 10.0 Å². The summed E-state index contributed by atoms with van der Waals surface area (Å²) < 4.78 is 26.3. The fourth-order valence-corrected chi connectivity index (χ4v) is 5.09. The smallest absolute Gasteiger partial charge is 0.225 e. The van der Waals surface area contributed by atoms with Crippen LogP contribution in [0.15, 0.2) is 12.4 Å². The summed E-state index contributed by atoms with van der Waals surface area (Å²) in [6.45, 7) is 1.62. The summed E-state index contributed by atoms with van der Waals surface area (Å²) in [6, 6.07) is 0.293. The van der Waals surface area contributed by atoms with Crippen molar-refractivity contribution in [3.8, 4) is 0 Å². The number of sulfonamides is 1. The van der Waals surface area contributed by atoms with E-state index in [1.807, 2.05) is 0 Å². The van der Waals surface area contributed by atoms with E-state index in [0.717, 1.165) is 51.6 Å². The Morgan fingerprint density at radius 3 is 2.26 bits per heavy atom. The topological polar surface area (TPSA) is 66.4 Å². The van der Waals surface area contributed by atoms with Gasteiger partial charge in [0, 0.05) is 25.2 Å². The number of rotatable bonds is 4.